The summed E-state index contributed by atoms with van der Waals surface area (Å²) in [7, 11) is 0. The van der Waals surface area contributed by atoms with Gasteiger partial charge in [-0.25, -0.2) is 0 Å². The molecule has 0 atom stereocenters. The maximum Gasteiger partial charge on any atom is 0.417 e. The van der Waals surface area contributed by atoms with Gasteiger partial charge in [0.15, 0.2) is 0 Å². The lowest BCUT2D eigenvalue weighted by atomic mass is 9.90. The summed E-state index contributed by atoms with van der Waals surface area (Å²) < 4.78 is 142. The molecule has 0 unspecified atom stereocenters. The number of halogens is 9. The van der Waals surface area contributed by atoms with Crippen molar-refractivity contribution in [1.82, 2.24) is 9.13 Å². The summed E-state index contributed by atoms with van der Waals surface area (Å²) in [6.45, 7) is 0. The molecule has 0 N–H and O–H groups in total. The SMILES string of the molecule is N#Cc1ccccc1-c1ccc2c3ccc(-c4ccccc4C#N)cc3n(-c3cc(-c4c(C(F)(F)F)cccc4C(F)(F)F)c(-n4c5cc(-c6ccccc6C#N)ccc5c5ccc(-c6ccccc6C(F)(F)F)cc54)cc3C#N)c2c1. The van der Waals surface area contributed by atoms with E-state index in [9.17, 15) is 34.2 Å². The van der Waals surface area contributed by atoms with Crippen LogP contribution >= 0.6 is 0 Å². The molecule has 0 aliphatic carbocycles. The first-order valence-electron chi connectivity index (χ1n) is 25.1. The average Bonchev–Trinajstić information content (AvgIpc) is 3.98. The Hall–Kier alpha value is -10.9. The van der Waals surface area contributed by atoms with Crippen LogP contribution in [0.5, 0.6) is 0 Å². The van der Waals surface area contributed by atoms with Gasteiger partial charge in [-0.1, -0.05) is 127 Å². The molecule has 0 fully saturated rings. The van der Waals surface area contributed by atoms with E-state index in [4.69, 9.17) is 0 Å². The lowest BCUT2D eigenvalue weighted by molar-refractivity contribution is -0.142. The van der Waals surface area contributed by atoms with Crippen LogP contribution in [-0.4, -0.2) is 9.13 Å². The molecule has 10 aromatic carbocycles. The van der Waals surface area contributed by atoms with Gasteiger partial charge in [0.2, 0.25) is 0 Å². The molecule has 0 saturated heterocycles. The van der Waals surface area contributed by atoms with E-state index in [1.807, 2.05) is 0 Å². The standard InChI is InChI=1S/C67H33F9N6/c68-65(69,70)55-17-8-7-16-49(55)41-23-27-53-52-26-22-40(48-15-6-3-12-44(48)36-79)30-61(52)82(62(53)31-41)63-32-45(37-80)58(33-54(63)64-56(66(71,72)73)18-9-19-57(64)67(74,75)76)81-59-28-38(46-13-4-1-10-42(46)34-77)20-24-50(59)51-25-21-39(29-60(51)81)47-14-5-2-11-43(47)35-78/h1-33H. The molecule has 0 aliphatic rings. The van der Waals surface area contributed by atoms with E-state index in [-0.39, 0.29) is 44.7 Å². The van der Waals surface area contributed by atoms with Gasteiger partial charge >= 0.3 is 18.5 Å². The minimum absolute atomic E-state index is 0.00212. The minimum atomic E-state index is -5.44. The van der Waals surface area contributed by atoms with Crippen molar-refractivity contribution in [2.45, 2.75) is 18.5 Å². The van der Waals surface area contributed by atoms with Crippen molar-refractivity contribution < 1.29 is 39.5 Å². The zero-order valence-corrected chi connectivity index (χ0v) is 42.1. The fourth-order valence-corrected chi connectivity index (χ4v) is 11.3. The molecular weight excluding hydrogens is 1060 g/mol. The van der Waals surface area contributed by atoms with Crippen molar-refractivity contribution in [1.29, 1.82) is 21.0 Å². The zero-order chi connectivity index (χ0) is 57.4. The molecular formula is C67H33F9N6. The first kappa shape index (κ1) is 51.9. The van der Waals surface area contributed by atoms with Crippen molar-refractivity contribution in [2.75, 3.05) is 0 Å². The maximum absolute atomic E-state index is 15.8. The smallest absolute Gasteiger partial charge is 0.309 e. The molecule has 2 aromatic heterocycles. The number of alkyl halides is 9. The van der Waals surface area contributed by atoms with Gasteiger partial charge in [0.1, 0.15) is 6.07 Å². The highest BCUT2D eigenvalue weighted by Gasteiger charge is 2.42. The lowest BCUT2D eigenvalue weighted by Gasteiger charge is -2.24. The highest BCUT2D eigenvalue weighted by Crippen LogP contribution is 2.50. The van der Waals surface area contributed by atoms with Crippen LogP contribution in [0.3, 0.4) is 0 Å². The first-order valence-corrected chi connectivity index (χ1v) is 25.1. The van der Waals surface area contributed by atoms with Crippen LogP contribution in [0.25, 0.3) is 111 Å². The highest BCUT2D eigenvalue weighted by atomic mass is 19.4. The zero-order valence-electron chi connectivity index (χ0n) is 42.1. The van der Waals surface area contributed by atoms with Crippen LogP contribution in [0.2, 0.25) is 0 Å². The molecule has 0 bridgehead atoms. The number of benzene rings is 10. The average molecular weight is 1090 g/mol. The quantitative estimate of drug-likeness (QED) is 0.148. The second-order valence-corrected chi connectivity index (χ2v) is 19.3. The Bertz CT molecular complexity index is 4690. The first-order chi connectivity index (χ1) is 39.4. The number of hydrogen-bond acceptors (Lipinski definition) is 4. The highest BCUT2D eigenvalue weighted by molar-refractivity contribution is 6.14. The second-order valence-electron chi connectivity index (χ2n) is 19.3. The second kappa shape index (κ2) is 19.5. The van der Waals surface area contributed by atoms with Crippen LogP contribution in [0.1, 0.15) is 38.9 Å². The van der Waals surface area contributed by atoms with Gasteiger partial charge < -0.3 is 9.13 Å². The number of rotatable bonds is 7. The van der Waals surface area contributed by atoms with Gasteiger partial charge in [-0.3, -0.25) is 0 Å². The predicted octanol–water partition coefficient (Wildman–Crippen LogP) is 18.8. The van der Waals surface area contributed by atoms with E-state index in [1.165, 1.54) is 47.0 Å². The third-order valence-electron chi connectivity index (χ3n) is 14.8. The molecule has 0 radical (unpaired) electrons. The van der Waals surface area contributed by atoms with E-state index in [1.54, 1.807) is 132 Å². The van der Waals surface area contributed by atoms with E-state index in [2.05, 4.69) is 24.3 Å². The van der Waals surface area contributed by atoms with Crippen LogP contribution < -0.4 is 0 Å². The van der Waals surface area contributed by atoms with Gasteiger partial charge in [-0.2, -0.15) is 60.6 Å². The summed E-state index contributed by atoms with van der Waals surface area (Å²) in [4.78, 5) is 0. The van der Waals surface area contributed by atoms with Crippen molar-refractivity contribution in [3.63, 3.8) is 0 Å². The Kier molecular flexibility index (Phi) is 12.3. The number of nitrogens with zero attached hydrogens (tertiary/aromatic N) is 6. The Labute approximate surface area is 460 Å². The fraction of sp³-hybridized carbons (Fsp3) is 0.0448. The Morgan fingerprint density at radius 3 is 0.963 bits per heavy atom. The summed E-state index contributed by atoms with van der Waals surface area (Å²) >= 11 is 0. The molecule has 2 heterocycles. The normalized spacial score (nSPS) is 11.9. The predicted molar refractivity (Wildman–Crippen MR) is 296 cm³/mol. The maximum atomic E-state index is 15.8. The van der Waals surface area contributed by atoms with Gasteiger partial charge in [0, 0.05) is 32.7 Å². The molecule has 0 aliphatic heterocycles. The molecule has 394 valence electrons. The van der Waals surface area contributed by atoms with E-state index in [0.29, 0.717) is 95.3 Å². The van der Waals surface area contributed by atoms with Crippen molar-refractivity contribution in [3.8, 4) is 91.3 Å². The number of aromatic nitrogens is 2. The summed E-state index contributed by atoms with van der Waals surface area (Å²) in [5, 5.41) is 43.9. The summed E-state index contributed by atoms with van der Waals surface area (Å²) in [6.07, 6.45) is -15.7. The van der Waals surface area contributed by atoms with E-state index < -0.39 is 46.3 Å². The molecule has 0 spiro atoms. The van der Waals surface area contributed by atoms with Crippen LogP contribution in [0, 0.1) is 45.3 Å². The molecule has 82 heavy (non-hydrogen) atoms. The molecule has 12 aromatic rings. The fourth-order valence-electron chi connectivity index (χ4n) is 11.3. The summed E-state index contributed by atoms with van der Waals surface area (Å²) in [6, 6.07) is 57.2. The van der Waals surface area contributed by atoms with Gasteiger partial charge in [-0.15, -0.1) is 0 Å². The van der Waals surface area contributed by atoms with Gasteiger partial charge in [0.25, 0.3) is 0 Å². The number of fused-ring (bicyclic) bond motifs is 6. The minimum Gasteiger partial charge on any atom is -0.309 e. The van der Waals surface area contributed by atoms with Crippen molar-refractivity contribution in [2.24, 2.45) is 0 Å². The van der Waals surface area contributed by atoms with Crippen LogP contribution in [0.15, 0.2) is 200 Å². The van der Waals surface area contributed by atoms with Crippen LogP contribution in [0.4, 0.5) is 39.5 Å². The topological polar surface area (TPSA) is 105 Å². The van der Waals surface area contributed by atoms with Gasteiger partial charge in [-0.05, 0) is 117 Å². The third kappa shape index (κ3) is 8.60. The van der Waals surface area contributed by atoms with Gasteiger partial charge in [0.05, 0.1) is 90.6 Å². The van der Waals surface area contributed by atoms with Crippen LogP contribution in [-0.2, 0) is 18.5 Å². The monoisotopic (exact) mass is 1090 g/mol. The van der Waals surface area contributed by atoms with Crippen molar-refractivity contribution >= 4 is 43.6 Å². The Morgan fingerprint density at radius 1 is 0.280 bits per heavy atom. The summed E-state index contributed by atoms with van der Waals surface area (Å²) in [5.41, 5.74) is -2.98. The van der Waals surface area contributed by atoms with E-state index >= 15 is 26.3 Å². The molecule has 0 saturated carbocycles. The Balaban J connectivity index is 1.28. The largest absolute Gasteiger partial charge is 0.417 e. The lowest BCUT2D eigenvalue weighted by Crippen LogP contribution is -2.15. The van der Waals surface area contributed by atoms with E-state index in [0.717, 1.165) is 12.1 Å². The molecule has 15 heteroatoms. The number of hydrogen-bond donors (Lipinski definition) is 0. The molecule has 6 nitrogen and oxygen atoms in total. The summed E-state index contributed by atoms with van der Waals surface area (Å²) in [5.74, 6) is 0. The Morgan fingerprint density at radius 2 is 0.598 bits per heavy atom. The number of nitriles is 4. The molecule has 0 amide bonds. The molecule has 12 rings (SSSR count). The van der Waals surface area contributed by atoms with Crippen molar-refractivity contribution in [3.05, 3.63) is 239 Å². The third-order valence-corrected chi connectivity index (χ3v) is 14.8.